The molecule has 0 fully saturated rings. The van der Waals surface area contributed by atoms with Crippen LogP contribution in [0.4, 0.5) is 10.1 Å². The first-order chi connectivity index (χ1) is 7.97. The molecule has 0 amide bonds. The van der Waals surface area contributed by atoms with Crippen molar-refractivity contribution in [1.82, 2.24) is 4.72 Å². The Kier molecular flexibility index (Phi) is 4.86. The largest absolute Gasteiger partial charge is 0.399 e. The molecule has 96 valence electrons. The average Bonchev–Trinajstić information content (AvgIpc) is 2.28. The Balaban J connectivity index is 2.79. The Labute approximate surface area is 99.8 Å². The number of nitrogen functional groups attached to an aromatic ring is 1. The van der Waals surface area contributed by atoms with Crippen LogP contribution in [0.1, 0.15) is 6.92 Å². The summed E-state index contributed by atoms with van der Waals surface area (Å²) in [5, 5.41) is 0. The van der Waals surface area contributed by atoms with E-state index in [1.807, 2.05) is 0 Å². The number of ether oxygens (including phenoxy) is 1. The van der Waals surface area contributed by atoms with E-state index in [0.29, 0.717) is 6.61 Å². The van der Waals surface area contributed by atoms with Crippen molar-refractivity contribution < 1.29 is 17.5 Å². The van der Waals surface area contributed by atoms with Crippen LogP contribution in [0.15, 0.2) is 23.1 Å². The summed E-state index contributed by atoms with van der Waals surface area (Å²) in [7, 11) is -3.88. The third-order valence-corrected chi connectivity index (χ3v) is 3.46. The van der Waals surface area contributed by atoms with Gasteiger partial charge in [-0.05, 0) is 25.1 Å². The molecule has 0 unspecified atom stereocenters. The standard InChI is InChI=1S/C10H15FN2O3S/c1-2-16-6-5-13-17(14,15)10-7-8(12)3-4-9(10)11/h3-4,7,13H,2,5-6,12H2,1H3. The van der Waals surface area contributed by atoms with Gasteiger partial charge in [-0.25, -0.2) is 17.5 Å². The van der Waals surface area contributed by atoms with Crippen molar-refractivity contribution in [3.8, 4) is 0 Å². The highest BCUT2D eigenvalue weighted by molar-refractivity contribution is 7.89. The molecule has 0 saturated carbocycles. The maximum Gasteiger partial charge on any atom is 0.243 e. The molecule has 1 aromatic carbocycles. The first kappa shape index (κ1) is 13.9. The van der Waals surface area contributed by atoms with E-state index in [0.717, 1.165) is 12.1 Å². The van der Waals surface area contributed by atoms with E-state index >= 15 is 0 Å². The molecule has 0 aliphatic rings. The third-order valence-electron chi connectivity index (χ3n) is 1.99. The summed E-state index contributed by atoms with van der Waals surface area (Å²) in [5.41, 5.74) is 5.61. The number of hydrogen-bond acceptors (Lipinski definition) is 4. The van der Waals surface area contributed by atoms with Crippen LogP contribution in [0.2, 0.25) is 0 Å². The van der Waals surface area contributed by atoms with Gasteiger partial charge >= 0.3 is 0 Å². The van der Waals surface area contributed by atoms with Gasteiger partial charge in [0, 0.05) is 18.8 Å². The second-order valence-electron chi connectivity index (χ2n) is 3.28. The minimum atomic E-state index is -3.88. The normalized spacial score (nSPS) is 11.6. The molecule has 0 radical (unpaired) electrons. The summed E-state index contributed by atoms with van der Waals surface area (Å²) in [6, 6.07) is 3.40. The van der Waals surface area contributed by atoms with E-state index in [2.05, 4.69) is 4.72 Å². The molecule has 0 bridgehead atoms. The van der Waals surface area contributed by atoms with Gasteiger partial charge in [-0.3, -0.25) is 0 Å². The number of nitrogens with two attached hydrogens (primary N) is 1. The van der Waals surface area contributed by atoms with Crippen molar-refractivity contribution in [3.05, 3.63) is 24.0 Å². The van der Waals surface area contributed by atoms with E-state index in [-0.39, 0.29) is 18.8 Å². The first-order valence-electron chi connectivity index (χ1n) is 5.10. The Morgan fingerprint density at radius 3 is 2.82 bits per heavy atom. The molecule has 5 nitrogen and oxygen atoms in total. The summed E-state index contributed by atoms with van der Waals surface area (Å²) in [5.74, 6) is -0.830. The van der Waals surface area contributed by atoms with Crippen LogP contribution >= 0.6 is 0 Å². The summed E-state index contributed by atoms with van der Waals surface area (Å²) >= 11 is 0. The summed E-state index contributed by atoms with van der Waals surface area (Å²) in [6.45, 7) is 2.62. The third kappa shape index (κ3) is 3.95. The van der Waals surface area contributed by atoms with Gasteiger partial charge in [0.1, 0.15) is 10.7 Å². The predicted octanol–water partition coefficient (Wildman–Crippen LogP) is 0.723. The van der Waals surface area contributed by atoms with Crippen LogP contribution in [-0.2, 0) is 14.8 Å². The molecule has 0 aliphatic heterocycles. The van der Waals surface area contributed by atoms with Gasteiger partial charge in [-0.15, -0.1) is 0 Å². The Morgan fingerprint density at radius 2 is 2.18 bits per heavy atom. The molecule has 0 heterocycles. The van der Waals surface area contributed by atoms with Crippen molar-refractivity contribution in [2.24, 2.45) is 0 Å². The molecule has 17 heavy (non-hydrogen) atoms. The second-order valence-corrected chi connectivity index (χ2v) is 5.02. The van der Waals surface area contributed by atoms with Gasteiger partial charge < -0.3 is 10.5 Å². The van der Waals surface area contributed by atoms with Crippen molar-refractivity contribution in [2.75, 3.05) is 25.5 Å². The number of nitrogens with one attached hydrogen (secondary N) is 1. The van der Waals surface area contributed by atoms with Crippen LogP contribution in [0, 0.1) is 5.82 Å². The number of benzene rings is 1. The zero-order chi connectivity index (χ0) is 12.9. The second kappa shape index (κ2) is 5.95. The topological polar surface area (TPSA) is 81.4 Å². The summed E-state index contributed by atoms with van der Waals surface area (Å²) < 4.78 is 44.0. The van der Waals surface area contributed by atoms with Gasteiger partial charge in [0.25, 0.3) is 0 Å². The summed E-state index contributed by atoms with van der Waals surface area (Å²) in [4.78, 5) is -0.450. The minimum Gasteiger partial charge on any atom is -0.399 e. The lowest BCUT2D eigenvalue weighted by molar-refractivity contribution is 0.153. The number of halogens is 1. The monoisotopic (exact) mass is 262 g/mol. The number of rotatable bonds is 6. The predicted molar refractivity (Wildman–Crippen MR) is 62.5 cm³/mol. The van der Waals surface area contributed by atoms with Gasteiger partial charge in [0.2, 0.25) is 10.0 Å². The highest BCUT2D eigenvalue weighted by Crippen LogP contribution is 2.17. The molecular formula is C10H15FN2O3S. The van der Waals surface area contributed by atoms with E-state index in [9.17, 15) is 12.8 Å². The molecule has 0 saturated heterocycles. The molecular weight excluding hydrogens is 247 g/mol. The maximum absolute atomic E-state index is 13.3. The van der Waals surface area contributed by atoms with Gasteiger partial charge in [0.15, 0.2) is 0 Å². The minimum absolute atomic E-state index is 0.0877. The quantitative estimate of drug-likeness (QED) is 0.584. The number of sulfonamides is 1. The molecule has 0 atom stereocenters. The highest BCUT2D eigenvalue weighted by atomic mass is 32.2. The van der Waals surface area contributed by atoms with Crippen molar-refractivity contribution in [2.45, 2.75) is 11.8 Å². The van der Waals surface area contributed by atoms with Crippen LogP contribution in [0.5, 0.6) is 0 Å². The molecule has 1 aromatic rings. The maximum atomic E-state index is 13.3. The van der Waals surface area contributed by atoms with E-state index in [1.54, 1.807) is 6.92 Å². The van der Waals surface area contributed by atoms with Crippen LogP contribution in [0.3, 0.4) is 0 Å². The lowest BCUT2D eigenvalue weighted by Crippen LogP contribution is -2.28. The molecule has 0 aliphatic carbocycles. The first-order valence-corrected chi connectivity index (χ1v) is 6.58. The van der Waals surface area contributed by atoms with Crippen molar-refractivity contribution >= 4 is 15.7 Å². The molecule has 0 spiro atoms. The molecule has 1 rings (SSSR count). The van der Waals surface area contributed by atoms with Gasteiger partial charge in [0.05, 0.1) is 6.61 Å². The van der Waals surface area contributed by atoms with E-state index in [4.69, 9.17) is 10.5 Å². The fraction of sp³-hybridized carbons (Fsp3) is 0.400. The van der Waals surface area contributed by atoms with Crippen molar-refractivity contribution in [3.63, 3.8) is 0 Å². The fourth-order valence-corrected chi connectivity index (χ4v) is 2.32. The Morgan fingerprint density at radius 1 is 1.47 bits per heavy atom. The lowest BCUT2D eigenvalue weighted by Gasteiger charge is -2.08. The fourth-order valence-electron chi connectivity index (χ4n) is 1.20. The Bertz CT molecular complexity index is 476. The molecule has 0 aromatic heterocycles. The van der Waals surface area contributed by atoms with Gasteiger partial charge in [-0.2, -0.15) is 0 Å². The highest BCUT2D eigenvalue weighted by Gasteiger charge is 2.18. The molecule has 3 N–H and O–H groups in total. The summed E-state index contributed by atoms with van der Waals surface area (Å²) in [6.07, 6.45) is 0. The van der Waals surface area contributed by atoms with Crippen LogP contribution in [-0.4, -0.2) is 28.2 Å². The number of anilines is 1. The lowest BCUT2D eigenvalue weighted by atomic mass is 10.3. The van der Waals surface area contributed by atoms with Gasteiger partial charge in [-0.1, -0.05) is 0 Å². The Hall–Kier alpha value is -1.18. The smallest absolute Gasteiger partial charge is 0.243 e. The van der Waals surface area contributed by atoms with E-state index < -0.39 is 20.7 Å². The number of hydrogen-bond donors (Lipinski definition) is 2. The van der Waals surface area contributed by atoms with Crippen LogP contribution < -0.4 is 10.5 Å². The molecule has 7 heteroatoms. The van der Waals surface area contributed by atoms with E-state index in [1.165, 1.54) is 6.07 Å². The SMILES string of the molecule is CCOCCNS(=O)(=O)c1cc(N)ccc1F. The van der Waals surface area contributed by atoms with Crippen LogP contribution in [0.25, 0.3) is 0 Å². The van der Waals surface area contributed by atoms with Crippen molar-refractivity contribution in [1.29, 1.82) is 0 Å². The average molecular weight is 262 g/mol. The zero-order valence-corrected chi connectivity index (χ0v) is 10.3. The zero-order valence-electron chi connectivity index (χ0n) is 9.44.